The third kappa shape index (κ3) is 10.6. The number of aromatic nitrogens is 1. The van der Waals surface area contributed by atoms with E-state index in [0.717, 1.165) is 10.6 Å². The number of carbonyl (C=O) groups excluding carboxylic acids is 2. The highest BCUT2D eigenvalue weighted by molar-refractivity contribution is 9.48. The van der Waals surface area contributed by atoms with Gasteiger partial charge in [-0.15, -0.1) is 10.1 Å². The molecule has 0 radical (unpaired) electrons. The second kappa shape index (κ2) is 17.9. The molecule has 57 heavy (non-hydrogen) atoms. The highest BCUT2D eigenvalue weighted by Crippen LogP contribution is 3.04. The molecule has 0 bridgehead atoms. The minimum Gasteiger partial charge on any atom is -0.508 e. The normalized spacial score (nSPS) is 18.2. The molecule has 2 heterocycles. The summed E-state index contributed by atoms with van der Waals surface area (Å²) in [6.07, 6.45) is 0.0563. The van der Waals surface area contributed by atoms with Crippen LogP contribution in [0, 0.1) is 10.1 Å². The predicted molar refractivity (Wildman–Crippen MR) is 227 cm³/mol. The lowest BCUT2D eigenvalue weighted by Crippen LogP contribution is -2.23. The van der Waals surface area contributed by atoms with Crippen molar-refractivity contribution in [2.45, 2.75) is 30.8 Å². The number of sulfonamides is 1. The monoisotopic (exact) mass is 901 g/mol. The van der Waals surface area contributed by atoms with Gasteiger partial charge in [0.15, 0.2) is 0 Å². The van der Waals surface area contributed by atoms with Crippen LogP contribution in [0.2, 0.25) is 0 Å². The molecule has 1 aromatic heterocycles. The summed E-state index contributed by atoms with van der Waals surface area (Å²) >= 11 is 15.2. The van der Waals surface area contributed by atoms with E-state index in [1.165, 1.54) is 54.7 Å². The molecule has 1 fully saturated rings. The molecule has 5 aromatic rings. The first-order valence-corrected chi connectivity index (χ1v) is 27.7. The number of nitrogens with zero attached hydrogens (tertiary/aromatic N) is 4. The maximum Gasteiger partial charge on any atom is 0.347 e. The number of pyridine rings is 1. The van der Waals surface area contributed by atoms with Crippen LogP contribution in [0.15, 0.2) is 131 Å². The number of hydrogen-bond acceptors (Lipinski definition) is 17. The van der Waals surface area contributed by atoms with Crippen LogP contribution in [0.4, 0.5) is 17.2 Å². The van der Waals surface area contributed by atoms with Crippen LogP contribution >= 0.6 is 30.9 Å². The maximum absolute atomic E-state index is 13.6. The van der Waals surface area contributed by atoms with Crippen molar-refractivity contribution in [3.05, 3.63) is 131 Å². The highest BCUT2D eigenvalue weighted by Gasteiger charge is 2.46. The Kier molecular flexibility index (Phi) is 13.1. The Bertz CT molecular complexity index is 2540. The number of ether oxygens (including phenoxy) is 2. The van der Waals surface area contributed by atoms with Crippen LogP contribution in [-0.2, 0) is 43.3 Å². The van der Waals surface area contributed by atoms with Crippen LogP contribution < -0.4 is 24.8 Å². The molecule has 0 aliphatic carbocycles. The minimum absolute atomic E-state index is 0.0377. The summed E-state index contributed by atoms with van der Waals surface area (Å²) in [5.41, 5.74) is 0.225. The fourth-order valence-corrected chi connectivity index (χ4v) is 48.2. The van der Waals surface area contributed by atoms with E-state index in [-0.39, 0.29) is 51.3 Å². The number of carbonyl (C=O) groups is 2. The Balaban J connectivity index is 1.19. The Labute approximate surface area is 343 Å². The largest absolute Gasteiger partial charge is 0.508 e. The van der Waals surface area contributed by atoms with Crippen molar-refractivity contribution in [2.24, 2.45) is 10.2 Å². The molecule has 2 N–H and O–H groups in total. The quantitative estimate of drug-likeness (QED) is 0.0252. The first kappa shape index (κ1) is 41.9. The summed E-state index contributed by atoms with van der Waals surface area (Å²) in [5, 5.41) is 29.7. The number of azo groups is 1. The fourth-order valence-electron chi connectivity index (χ4n) is 4.96. The molecule has 0 spiro atoms. The van der Waals surface area contributed by atoms with Gasteiger partial charge in [0.05, 0.1) is 31.6 Å². The van der Waals surface area contributed by atoms with Gasteiger partial charge in [0.1, 0.15) is 34.7 Å². The zero-order valence-corrected chi connectivity index (χ0v) is 35.2. The summed E-state index contributed by atoms with van der Waals surface area (Å²) in [5.74, 6) is -1.53. The number of aromatic hydroxyl groups is 1. The average Bonchev–Trinajstić information content (AvgIpc) is 3.17. The predicted octanol–water partition coefficient (Wildman–Crippen LogP) is 8.55. The summed E-state index contributed by atoms with van der Waals surface area (Å²) in [7, 11) is -3.93. The van der Waals surface area contributed by atoms with Gasteiger partial charge in [0.2, 0.25) is 0 Å². The lowest BCUT2D eigenvalue weighted by Gasteiger charge is -2.40. The number of phenols is 1. The maximum atomic E-state index is 13.6. The molecule has 6 rings (SSSR count). The van der Waals surface area contributed by atoms with Gasteiger partial charge in [-0.3, -0.25) is 9.52 Å². The number of hydrogen-bond donors (Lipinski definition) is 2. The van der Waals surface area contributed by atoms with Crippen LogP contribution in [0.1, 0.15) is 30.1 Å². The lowest BCUT2D eigenvalue weighted by atomic mass is 10.1. The van der Waals surface area contributed by atoms with E-state index < -0.39 is 48.5 Å². The minimum atomic E-state index is -3.93. The number of phenolic OH excluding ortho intramolecular Hbond substituents is 1. The topological polar surface area (TPSA) is 209 Å². The van der Waals surface area contributed by atoms with Crippen molar-refractivity contribution in [1.29, 1.82) is 0 Å². The highest BCUT2D eigenvalue weighted by atomic mass is 33.7. The molecule has 1 unspecified atom stereocenters. The molecule has 1 saturated heterocycles. The zero-order chi connectivity index (χ0) is 40.8. The molecule has 0 amide bonds. The van der Waals surface area contributed by atoms with Gasteiger partial charge in [0, 0.05) is 16.8 Å². The molecular weight excluding hydrogens is 873 g/mol. The van der Waals surface area contributed by atoms with Crippen molar-refractivity contribution in [2.75, 3.05) is 4.72 Å². The summed E-state index contributed by atoms with van der Waals surface area (Å²) in [4.78, 5) is 45.8. The third-order valence-electron chi connectivity index (χ3n) is 7.78. The van der Waals surface area contributed by atoms with E-state index in [0.29, 0.717) is 0 Å². The number of nitrogens with one attached hydrogen (secondary N) is 1. The van der Waals surface area contributed by atoms with Crippen molar-refractivity contribution < 1.29 is 42.5 Å². The van der Waals surface area contributed by atoms with Gasteiger partial charge in [-0.05, 0) is 110 Å². The number of anilines is 1. The molecule has 1 aliphatic heterocycles. The van der Waals surface area contributed by atoms with Gasteiger partial charge in [-0.25, -0.2) is 18.2 Å². The Morgan fingerprint density at radius 2 is 1.51 bits per heavy atom. The molecule has 0 saturated carbocycles. The Morgan fingerprint density at radius 1 is 0.895 bits per heavy atom. The van der Waals surface area contributed by atoms with E-state index in [4.69, 9.17) is 33.1 Å². The van der Waals surface area contributed by atoms with Crippen molar-refractivity contribution in [1.82, 2.24) is 4.98 Å². The van der Waals surface area contributed by atoms with E-state index in [9.17, 15) is 33.2 Å². The van der Waals surface area contributed by atoms with Gasteiger partial charge in [0.25, 0.3) is 15.1 Å². The summed E-state index contributed by atoms with van der Waals surface area (Å²) < 4.78 is 34.9. The first-order chi connectivity index (χ1) is 27.1. The van der Waals surface area contributed by atoms with Gasteiger partial charge < -0.3 is 19.4 Å². The SMILES string of the molecule is CCC(CC(=O)Oc1ccc(N=Nc2ccc(S(=O)(=O)Nc3ccccn3)cc2)cc1C(=O)Oc1ccc(P2(=S)SP(=S)(c3ccc(O)cc3)S2)cc1)O[N+](=O)[O-]. The van der Waals surface area contributed by atoms with Gasteiger partial charge in [-0.1, -0.05) is 58.6 Å². The molecule has 294 valence electrons. The Hall–Kier alpha value is -4.68. The van der Waals surface area contributed by atoms with Crippen LogP contribution in [0.25, 0.3) is 0 Å². The average molecular weight is 902 g/mol. The Morgan fingerprint density at radius 3 is 2.11 bits per heavy atom. The zero-order valence-electron chi connectivity index (χ0n) is 29.3. The van der Waals surface area contributed by atoms with E-state index in [1.807, 2.05) is 12.1 Å². The molecular formula is C35H29N5O10P2S5. The van der Waals surface area contributed by atoms with Crippen molar-refractivity contribution in [3.63, 3.8) is 0 Å². The standard InChI is InChI=1S/C35H29N5O10P2S5/c1-2-26(50-40(44)45)22-34(42)49-32-19-8-24(38-37-23-6-17-30(18-7-23)57(46,47)39-33-5-3-4-20-36-33)21-31(32)35(43)48-27-11-15-29(16-12-27)52(54)55-51(53,56-52)28-13-9-25(41)10-14-28/h3-21,26,41H,2,22H2,1H3,(H,36,39). The third-order valence-corrected chi connectivity index (χ3v) is 40.4. The summed E-state index contributed by atoms with van der Waals surface area (Å²) in [6.45, 7) is 1.60. The van der Waals surface area contributed by atoms with E-state index >= 15 is 0 Å². The van der Waals surface area contributed by atoms with Crippen LogP contribution in [0.5, 0.6) is 17.2 Å². The number of esters is 2. The lowest BCUT2D eigenvalue weighted by molar-refractivity contribution is -0.768. The molecule has 15 nitrogen and oxygen atoms in total. The number of benzene rings is 4. The molecule has 1 aliphatic rings. The second-order valence-electron chi connectivity index (χ2n) is 11.8. The molecule has 4 aromatic carbocycles. The van der Waals surface area contributed by atoms with Crippen LogP contribution in [-0.4, -0.2) is 41.6 Å². The second-order valence-corrected chi connectivity index (χ2v) is 34.8. The van der Waals surface area contributed by atoms with Gasteiger partial charge in [-0.2, -0.15) is 10.2 Å². The smallest absolute Gasteiger partial charge is 0.347 e. The molecule has 22 heteroatoms. The first-order valence-electron chi connectivity index (χ1n) is 16.5. The number of rotatable bonds is 15. The van der Waals surface area contributed by atoms with Crippen LogP contribution in [0.3, 0.4) is 0 Å². The fraction of sp³-hybridized carbons (Fsp3) is 0.114. The summed E-state index contributed by atoms with van der Waals surface area (Å²) in [6, 6.07) is 27.9. The van der Waals surface area contributed by atoms with E-state index in [1.54, 1.807) is 77.5 Å². The van der Waals surface area contributed by atoms with Gasteiger partial charge >= 0.3 is 11.9 Å². The molecule has 1 atom stereocenters. The van der Waals surface area contributed by atoms with Crippen molar-refractivity contribution >= 4 is 104 Å². The van der Waals surface area contributed by atoms with Crippen molar-refractivity contribution in [3.8, 4) is 17.2 Å². The van der Waals surface area contributed by atoms with E-state index in [2.05, 4.69) is 24.8 Å².